The highest BCUT2D eigenvalue weighted by atomic mass is 32.2. The van der Waals surface area contributed by atoms with Gasteiger partial charge in [-0.2, -0.15) is 0 Å². The van der Waals surface area contributed by atoms with Crippen LogP contribution in [0.4, 0.5) is 0 Å². The SMILES string of the molecule is CCN=C(NCC)SC1=CC(=O)CCC1. The van der Waals surface area contributed by atoms with E-state index < -0.39 is 0 Å². The fourth-order valence-corrected chi connectivity index (χ4v) is 2.48. The molecule has 0 saturated carbocycles. The molecule has 84 valence electrons. The van der Waals surface area contributed by atoms with Crippen molar-refractivity contribution in [2.24, 2.45) is 4.99 Å². The first-order chi connectivity index (χ1) is 7.26. The summed E-state index contributed by atoms with van der Waals surface area (Å²) in [4.78, 5) is 16.7. The third kappa shape index (κ3) is 4.51. The van der Waals surface area contributed by atoms with Crippen molar-refractivity contribution in [3.8, 4) is 0 Å². The molecule has 1 aliphatic rings. The third-order valence-electron chi connectivity index (χ3n) is 2.03. The molecule has 0 saturated heterocycles. The number of thioether (sulfide) groups is 1. The van der Waals surface area contributed by atoms with Crippen molar-refractivity contribution in [1.82, 2.24) is 5.32 Å². The van der Waals surface area contributed by atoms with E-state index >= 15 is 0 Å². The number of ketones is 1. The zero-order chi connectivity index (χ0) is 11.1. The Hall–Kier alpha value is -0.770. The van der Waals surface area contributed by atoms with Gasteiger partial charge in [-0.3, -0.25) is 9.79 Å². The minimum atomic E-state index is 0.246. The number of aliphatic imine (C=N–C) groups is 1. The molecule has 4 heteroatoms. The van der Waals surface area contributed by atoms with Crippen LogP contribution in [0.25, 0.3) is 0 Å². The highest BCUT2D eigenvalue weighted by Crippen LogP contribution is 2.26. The molecule has 0 unspecified atom stereocenters. The smallest absolute Gasteiger partial charge is 0.161 e. The molecule has 1 aliphatic carbocycles. The maximum atomic E-state index is 11.2. The number of nitrogens with one attached hydrogen (secondary N) is 1. The van der Waals surface area contributed by atoms with Crippen molar-refractivity contribution in [1.29, 1.82) is 0 Å². The maximum absolute atomic E-state index is 11.2. The number of rotatable bonds is 3. The summed E-state index contributed by atoms with van der Waals surface area (Å²) in [7, 11) is 0. The van der Waals surface area contributed by atoms with Crippen LogP contribution in [0.15, 0.2) is 16.0 Å². The summed E-state index contributed by atoms with van der Waals surface area (Å²) in [6.07, 6.45) is 4.44. The van der Waals surface area contributed by atoms with Gasteiger partial charge < -0.3 is 5.32 Å². The predicted octanol–water partition coefficient (Wildman–Crippen LogP) is 2.34. The molecule has 0 bridgehead atoms. The quantitative estimate of drug-likeness (QED) is 0.593. The molecule has 15 heavy (non-hydrogen) atoms. The zero-order valence-electron chi connectivity index (χ0n) is 9.38. The molecule has 0 aliphatic heterocycles. The fourth-order valence-electron chi connectivity index (χ4n) is 1.38. The zero-order valence-corrected chi connectivity index (χ0v) is 10.2. The van der Waals surface area contributed by atoms with Gasteiger partial charge in [-0.25, -0.2) is 0 Å². The van der Waals surface area contributed by atoms with E-state index in [1.807, 2.05) is 13.8 Å². The van der Waals surface area contributed by atoms with Crippen molar-refractivity contribution in [2.75, 3.05) is 13.1 Å². The molecule has 0 radical (unpaired) electrons. The van der Waals surface area contributed by atoms with Crippen molar-refractivity contribution in [3.63, 3.8) is 0 Å². The first-order valence-corrected chi connectivity index (χ1v) is 6.27. The topological polar surface area (TPSA) is 41.5 Å². The second-order valence-corrected chi connectivity index (χ2v) is 4.46. The van der Waals surface area contributed by atoms with Gasteiger partial charge in [0.1, 0.15) is 0 Å². The Balaban J connectivity index is 2.57. The van der Waals surface area contributed by atoms with Crippen LogP contribution < -0.4 is 5.32 Å². The van der Waals surface area contributed by atoms with Gasteiger partial charge >= 0.3 is 0 Å². The van der Waals surface area contributed by atoms with E-state index in [2.05, 4.69) is 10.3 Å². The summed E-state index contributed by atoms with van der Waals surface area (Å²) >= 11 is 1.60. The van der Waals surface area contributed by atoms with Crippen molar-refractivity contribution >= 4 is 22.7 Å². The predicted molar refractivity (Wildman–Crippen MR) is 66.2 cm³/mol. The number of allylic oxidation sites excluding steroid dienone is 2. The van der Waals surface area contributed by atoms with Crippen LogP contribution in [0.3, 0.4) is 0 Å². The highest BCUT2D eigenvalue weighted by molar-refractivity contribution is 8.17. The van der Waals surface area contributed by atoms with Gasteiger partial charge in [0.25, 0.3) is 0 Å². The lowest BCUT2D eigenvalue weighted by molar-refractivity contribution is -0.114. The van der Waals surface area contributed by atoms with Crippen LogP contribution in [0, 0.1) is 0 Å². The standard InChI is InChI=1S/C11H18N2OS/c1-3-12-11(13-4-2)15-10-7-5-6-9(14)8-10/h8H,3-7H2,1-2H3,(H,12,13). The van der Waals surface area contributed by atoms with Crippen molar-refractivity contribution in [3.05, 3.63) is 11.0 Å². The first kappa shape index (κ1) is 12.3. The minimum Gasteiger partial charge on any atom is -0.365 e. The Morgan fingerprint density at radius 3 is 2.93 bits per heavy atom. The Morgan fingerprint density at radius 2 is 2.33 bits per heavy atom. The number of nitrogens with zero attached hydrogens (tertiary/aromatic N) is 1. The van der Waals surface area contributed by atoms with Crippen LogP contribution in [0.1, 0.15) is 33.1 Å². The largest absolute Gasteiger partial charge is 0.365 e. The summed E-state index contributed by atoms with van der Waals surface area (Å²) < 4.78 is 0. The van der Waals surface area contributed by atoms with E-state index in [1.54, 1.807) is 17.8 Å². The molecule has 0 aromatic heterocycles. The lowest BCUT2D eigenvalue weighted by Gasteiger charge is -2.13. The maximum Gasteiger partial charge on any atom is 0.161 e. The molecule has 1 N–H and O–H groups in total. The summed E-state index contributed by atoms with van der Waals surface area (Å²) in [5, 5.41) is 4.14. The summed E-state index contributed by atoms with van der Waals surface area (Å²) in [5.74, 6) is 0.246. The van der Waals surface area contributed by atoms with E-state index in [9.17, 15) is 4.79 Å². The minimum absolute atomic E-state index is 0.246. The Kier molecular flexibility index (Phi) is 5.47. The lowest BCUT2D eigenvalue weighted by Crippen LogP contribution is -2.20. The van der Waals surface area contributed by atoms with E-state index in [0.29, 0.717) is 6.42 Å². The molecular weight excluding hydrogens is 208 g/mol. The summed E-state index contributed by atoms with van der Waals surface area (Å²) in [6.45, 7) is 5.70. The van der Waals surface area contributed by atoms with Gasteiger partial charge in [0.05, 0.1) is 0 Å². The van der Waals surface area contributed by atoms with Crippen LogP contribution >= 0.6 is 11.8 Å². The second-order valence-electron chi connectivity index (χ2n) is 3.34. The van der Waals surface area contributed by atoms with E-state index in [-0.39, 0.29) is 5.78 Å². The van der Waals surface area contributed by atoms with Gasteiger partial charge in [0.15, 0.2) is 11.0 Å². The summed E-state index contributed by atoms with van der Waals surface area (Å²) in [6, 6.07) is 0. The molecule has 3 nitrogen and oxygen atoms in total. The van der Waals surface area contributed by atoms with Gasteiger partial charge in [-0.1, -0.05) is 11.8 Å². The number of amidine groups is 1. The molecule has 0 amide bonds. The molecule has 0 aromatic carbocycles. The number of carbonyl (C=O) groups excluding carboxylic acids is 1. The van der Waals surface area contributed by atoms with Gasteiger partial charge in [0, 0.05) is 19.5 Å². The van der Waals surface area contributed by atoms with Crippen LogP contribution in [0.5, 0.6) is 0 Å². The number of hydrogen-bond donors (Lipinski definition) is 1. The highest BCUT2D eigenvalue weighted by Gasteiger charge is 2.12. The van der Waals surface area contributed by atoms with Crippen LogP contribution in [-0.4, -0.2) is 24.0 Å². The van der Waals surface area contributed by atoms with Gasteiger partial charge in [-0.15, -0.1) is 0 Å². The molecule has 0 heterocycles. The van der Waals surface area contributed by atoms with E-state index in [4.69, 9.17) is 0 Å². The third-order valence-corrected chi connectivity index (χ3v) is 3.08. The number of carbonyl (C=O) groups is 1. The van der Waals surface area contributed by atoms with Gasteiger partial charge in [-0.05, 0) is 37.7 Å². The molecule has 0 fully saturated rings. The Labute approximate surface area is 95.4 Å². The van der Waals surface area contributed by atoms with Crippen LogP contribution in [-0.2, 0) is 4.79 Å². The molecule has 0 aromatic rings. The second kappa shape index (κ2) is 6.67. The van der Waals surface area contributed by atoms with Crippen molar-refractivity contribution in [2.45, 2.75) is 33.1 Å². The molecule has 0 atom stereocenters. The average Bonchev–Trinajstić information content (AvgIpc) is 2.18. The number of hydrogen-bond acceptors (Lipinski definition) is 3. The Morgan fingerprint density at radius 1 is 1.53 bits per heavy atom. The molecule has 1 rings (SSSR count). The van der Waals surface area contributed by atoms with E-state index in [0.717, 1.165) is 36.0 Å². The first-order valence-electron chi connectivity index (χ1n) is 5.45. The normalized spacial score (nSPS) is 17.6. The summed E-state index contributed by atoms with van der Waals surface area (Å²) in [5.41, 5.74) is 0. The molecule has 0 spiro atoms. The Bertz CT molecular complexity index is 284. The fraction of sp³-hybridized carbons (Fsp3) is 0.636. The monoisotopic (exact) mass is 226 g/mol. The van der Waals surface area contributed by atoms with E-state index in [1.165, 1.54) is 0 Å². The van der Waals surface area contributed by atoms with Crippen LogP contribution in [0.2, 0.25) is 0 Å². The molecular formula is C11H18N2OS. The lowest BCUT2D eigenvalue weighted by atomic mass is 10.1. The van der Waals surface area contributed by atoms with Gasteiger partial charge in [0.2, 0.25) is 0 Å². The van der Waals surface area contributed by atoms with Crippen molar-refractivity contribution < 1.29 is 4.79 Å². The average molecular weight is 226 g/mol.